The minimum Gasteiger partial charge on any atom is -0.334 e. The van der Waals surface area contributed by atoms with Gasteiger partial charge in [0.15, 0.2) is 0 Å². The number of nitrogens with zero attached hydrogens (tertiary/aromatic N) is 2. The van der Waals surface area contributed by atoms with Crippen LogP contribution in [0, 0.1) is 6.92 Å². The van der Waals surface area contributed by atoms with Gasteiger partial charge in [-0.1, -0.05) is 0 Å². The van der Waals surface area contributed by atoms with Crippen molar-refractivity contribution < 1.29 is 13.2 Å². The molecule has 3 rings (SSSR count). The van der Waals surface area contributed by atoms with Crippen LogP contribution in [-0.2, 0) is 10.0 Å². The fourth-order valence-electron chi connectivity index (χ4n) is 3.64. The smallest absolute Gasteiger partial charge is 0.254 e. The summed E-state index contributed by atoms with van der Waals surface area (Å²) in [5.74, 6) is 0.192. The van der Waals surface area contributed by atoms with Gasteiger partial charge in [-0.3, -0.25) is 9.10 Å². The van der Waals surface area contributed by atoms with Crippen molar-refractivity contribution >= 4 is 34.0 Å². The SMILES string of the molecule is Cc1cc(N2CCCS2(=O)=O)ccc1C(=O)N1CCCCC1CN.Cl. The highest BCUT2D eigenvalue weighted by Crippen LogP contribution is 2.27. The van der Waals surface area contributed by atoms with Gasteiger partial charge in [-0.15, -0.1) is 12.4 Å². The highest BCUT2D eigenvalue weighted by molar-refractivity contribution is 7.93. The molecule has 8 heteroatoms. The number of carbonyl (C=O) groups excluding carboxylic acids is 1. The lowest BCUT2D eigenvalue weighted by Crippen LogP contribution is -2.47. The summed E-state index contributed by atoms with van der Waals surface area (Å²) in [5.41, 5.74) is 7.91. The number of hydrogen-bond acceptors (Lipinski definition) is 4. The number of carbonyl (C=O) groups is 1. The topological polar surface area (TPSA) is 83.7 Å². The molecule has 0 spiro atoms. The Hall–Kier alpha value is -1.31. The van der Waals surface area contributed by atoms with E-state index in [1.54, 1.807) is 18.2 Å². The number of benzene rings is 1. The summed E-state index contributed by atoms with van der Waals surface area (Å²) >= 11 is 0. The number of piperidine rings is 1. The molecule has 2 fully saturated rings. The molecule has 0 bridgehead atoms. The van der Waals surface area contributed by atoms with Gasteiger partial charge in [0.25, 0.3) is 5.91 Å². The second-order valence-electron chi connectivity index (χ2n) is 6.62. The molecular weight excluding hydrogens is 362 g/mol. The first-order valence-electron chi connectivity index (χ1n) is 8.56. The number of halogens is 1. The van der Waals surface area contributed by atoms with Gasteiger partial charge in [-0.05, 0) is 56.4 Å². The van der Waals surface area contributed by atoms with Gasteiger partial charge in [0.2, 0.25) is 10.0 Å². The van der Waals surface area contributed by atoms with E-state index < -0.39 is 10.0 Å². The summed E-state index contributed by atoms with van der Waals surface area (Å²) in [5, 5.41) is 0. The molecule has 0 aliphatic carbocycles. The number of likely N-dealkylation sites (tertiary alicyclic amines) is 1. The maximum absolute atomic E-state index is 12.9. The molecule has 0 radical (unpaired) electrons. The normalized spacial score (nSPS) is 22.6. The summed E-state index contributed by atoms with van der Waals surface area (Å²) in [6, 6.07) is 5.40. The van der Waals surface area contributed by atoms with Gasteiger partial charge >= 0.3 is 0 Å². The van der Waals surface area contributed by atoms with Crippen LogP contribution in [0.2, 0.25) is 0 Å². The number of sulfonamides is 1. The van der Waals surface area contributed by atoms with E-state index in [0.717, 1.165) is 31.4 Å². The number of amides is 1. The van der Waals surface area contributed by atoms with Gasteiger partial charge in [0.05, 0.1) is 11.4 Å². The summed E-state index contributed by atoms with van der Waals surface area (Å²) in [4.78, 5) is 14.8. The fraction of sp³-hybridized carbons (Fsp3) is 0.588. The Labute approximate surface area is 155 Å². The second kappa shape index (κ2) is 7.93. The van der Waals surface area contributed by atoms with Crippen molar-refractivity contribution in [3.63, 3.8) is 0 Å². The van der Waals surface area contributed by atoms with Crippen molar-refractivity contribution in [3.8, 4) is 0 Å². The van der Waals surface area contributed by atoms with Gasteiger partial charge in [-0.25, -0.2) is 8.42 Å². The number of aryl methyl sites for hydroxylation is 1. The lowest BCUT2D eigenvalue weighted by atomic mass is 9.99. The minimum absolute atomic E-state index is 0. The first-order valence-corrected chi connectivity index (χ1v) is 10.2. The first-order chi connectivity index (χ1) is 11.4. The van der Waals surface area contributed by atoms with Gasteiger partial charge in [0.1, 0.15) is 0 Å². The van der Waals surface area contributed by atoms with Crippen molar-refractivity contribution in [3.05, 3.63) is 29.3 Å². The van der Waals surface area contributed by atoms with E-state index in [0.29, 0.717) is 30.8 Å². The first kappa shape index (κ1) is 20.0. The monoisotopic (exact) mass is 387 g/mol. The van der Waals surface area contributed by atoms with Crippen LogP contribution in [-0.4, -0.2) is 50.7 Å². The molecule has 25 heavy (non-hydrogen) atoms. The highest BCUT2D eigenvalue weighted by atomic mass is 35.5. The van der Waals surface area contributed by atoms with E-state index in [4.69, 9.17) is 5.73 Å². The van der Waals surface area contributed by atoms with Crippen molar-refractivity contribution in [2.75, 3.05) is 29.7 Å². The molecule has 1 atom stereocenters. The quantitative estimate of drug-likeness (QED) is 0.858. The molecule has 0 saturated carbocycles. The molecule has 140 valence electrons. The summed E-state index contributed by atoms with van der Waals surface area (Å²) in [6.07, 6.45) is 3.71. The van der Waals surface area contributed by atoms with E-state index in [1.165, 1.54) is 4.31 Å². The average Bonchev–Trinajstić information content (AvgIpc) is 2.93. The maximum Gasteiger partial charge on any atom is 0.254 e. The summed E-state index contributed by atoms with van der Waals surface area (Å²) in [6.45, 7) is 3.59. The van der Waals surface area contributed by atoms with Gasteiger partial charge in [0, 0.05) is 31.2 Å². The summed E-state index contributed by atoms with van der Waals surface area (Å²) < 4.78 is 25.6. The molecular formula is C17H26ClN3O3S. The zero-order valence-electron chi connectivity index (χ0n) is 14.5. The Morgan fingerprint density at radius 3 is 2.60 bits per heavy atom. The Morgan fingerprint density at radius 1 is 1.24 bits per heavy atom. The summed E-state index contributed by atoms with van der Waals surface area (Å²) in [7, 11) is -3.20. The van der Waals surface area contributed by atoms with E-state index in [9.17, 15) is 13.2 Å². The van der Waals surface area contributed by atoms with E-state index in [-0.39, 0.29) is 30.1 Å². The Bertz CT molecular complexity index is 739. The van der Waals surface area contributed by atoms with Crippen molar-refractivity contribution in [1.82, 2.24) is 4.90 Å². The molecule has 1 unspecified atom stereocenters. The number of nitrogens with two attached hydrogens (primary N) is 1. The standard InChI is InChI=1S/C17H25N3O3S.ClH/c1-13-11-14(20-9-4-10-24(20,22)23)6-7-16(13)17(21)19-8-3-2-5-15(19)12-18;/h6-7,11,15H,2-5,8-10,12,18H2,1H3;1H. The van der Waals surface area contributed by atoms with Crippen molar-refractivity contribution in [2.24, 2.45) is 5.73 Å². The number of rotatable bonds is 3. The number of hydrogen-bond donors (Lipinski definition) is 1. The van der Waals surface area contributed by atoms with Gasteiger partial charge < -0.3 is 10.6 Å². The maximum atomic E-state index is 12.9. The molecule has 1 aromatic carbocycles. The predicted molar refractivity (Wildman–Crippen MR) is 102 cm³/mol. The Kier molecular flexibility index (Phi) is 6.35. The lowest BCUT2D eigenvalue weighted by molar-refractivity contribution is 0.0622. The van der Waals surface area contributed by atoms with Crippen LogP contribution in [0.3, 0.4) is 0 Å². The minimum atomic E-state index is -3.20. The molecule has 2 saturated heterocycles. The van der Waals surface area contributed by atoms with Crippen LogP contribution in [0.1, 0.15) is 41.6 Å². The van der Waals surface area contributed by atoms with Crippen LogP contribution in [0.15, 0.2) is 18.2 Å². The van der Waals surface area contributed by atoms with Crippen molar-refractivity contribution in [1.29, 1.82) is 0 Å². The van der Waals surface area contributed by atoms with E-state index in [1.807, 2.05) is 11.8 Å². The molecule has 6 nitrogen and oxygen atoms in total. The third-order valence-corrected chi connectivity index (χ3v) is 6.86. The predicted octanol–water partition coefficient (Wildman–Crippen LogP) is 1.91. The molecule has 2 N–H and O–H groups in total. The molecule has 1 aromatic rings. The Morgan fingerprint density at radius 2 is 2.00 bits per heavy atom. The highest BCUT2D eigenvalue weighted by Gasteiger charge is 2.30. The second-order valence-corrected chi connectivity index (χ2v) is 8.64. The van der Waals surface area contributed by atoms with Gasteiger partial charge in [-0.2, -0.15) is 0 Å². The lowest BCUT2D eigenvalue weighted by Gasteiger charge is -2.35. The fourth-order valence-corrected chi connectivity index (χ4v) is 5.20. The molecule has 2 aliphatic heterocycles. The molecule has 2 heterocycles. The average molecular weight is 388 g/mol. The third kappa shape index (κ3) is 3.93. The van der Waals surface area contributed by atoms with Crippen LogP contribution < -0.4 is 10.0 Å². The largest absolute Gasteiger partial charge is 0.334 e. The van der Waals surface area contributed by atoms with E-state index in [2.05, 4.69) is 0 Å². The van der Waals surface area contributed by atoms with E-state index >= 15 is 0 Å². The van der Waals surface area contributed by atoms with Crippen LogP contribution in [0.4, 0.5) is 5.69 Å². The van der Waals surface area contributed by atoms with Crippen molar-refractivity contribution in [2.45, 2.75) is 38.6 Å². The Balaban J connectivity index is 0.00000225. The van der Waals surface area contributed by atoms with Crippen LogP contribution >= 0.6 is 12.4 Å². The van der Waals surface area contributed by atoms with Crippen LogP contribution in [0.25, 0.3) is 0 Å². The molecule has 1 amide bonds. The third-order valence-electron chi connectivity index (χ3n) is 4.99. The zero-order valence-corrected chi connectivity index (χ0v) is 16.1. The zero-order chi connectivity index (χ0) is 17.3. The number of anilines is 1. The molecule has 0 aromatic heterocycles. The molecule has 2 aliphatic rings. The van der Waals surface area contributed by atoms with Crippen LogP contribution in [0.5, 0.6) is 0 Å².